The van der Waals surface area contributed by atoms with Gasteiger partial charge in [0.05, 0.1) is 18.6 Å². The molecular weight excluding hydrogens is 356 g/mol. The van der Waals surface area contributed by atoms with E-state index in [0.717, 1.165) is 33.5 Å². The molecule has 6 rings (SSSR count). The van der Waals surface area contributed by atoms with E-state index in [1.807, 2.05) is 18.5 Å². The predicted molar refractivity (Wildman–Crippen MR) is 101 cm³/mol. The Morgan fingerprint density at radius 1 is 1.14 bits per heavy atom. The third-order valence-electron chi connectivity index (χ3n) is 5.54. The SMILES string of the molecule is Nc1nnc(C2COC2c2ccc3[nH]cc(-c4nccc(C5CC5)n4)c3c2)o1. The first-order valence-electron chi connectivity index (χ1n) is 9.41. The van der Waals surface area contributed by atoms with Crippen LogP contribution < -0.4 is 5.73 Å². The minimum absolute atomic E-state index is 0.0130. The molecule has 1 aliphatic heterocycles. The number of H-pyrrole nitrogens is 1. The second-order valence-electron chi connectivity index (χ2n) is 7.43. The molecule has 1 saturated heterocycles. The Morgan fingerprint density at radius 3 is 2.82 bits per heavy atom. The number of benzene rings is 1. The molecule has 8 nitrogen and oxygen atoms in total. The average molecular weight is 374 g/mol. The number of fused-ring (bicyclic) bond motifs is 1. The fourth-order valence-electron chi connectivity index (χ4n) is 3.82. The number of nitrogens with zero attached hydrogens (tertiary/aromatic N) is 4. The highest BCUT2D eigenvalue weighted by Crippen LogP contribution is 2.44. The topological polar surface area (TPSA) is 116 Å². The number of rotatable bonds is 4. The maximum Gasteiger partial charge on any atom is 0.312 e. The molecule has 4 heterocycles. The van der Waals surface area contributed by atoms with E-state index in [9.17, 15) is 0 Å². The lowest BCUT2D eigenvalue weighted by atomic mass is 9.90. The molecule has 2 unspecified atom stereocenters. The van der Waals surface area contributed by atoms with Gasteiger partial charge < -0.3 is 19.9 Å². The standard InChI is InChI=1S/C20H18N6O2/c21-20-26-25-19(28-20)14-9-27-17(14)11-3-4-16-12(7-11)13(8-23-16)18-22-6-5-15(24-18)10-1-2-10/h3-8,10,14,17,23H,1-2,9H2,(H2,21,26). The summed E-state index contributed by atoms with van der Waals surface area (Å²) in [6.07, 6.45) is 6.12. The molecule has 0 amide bonds. The first-order chi connectivity index (χ1) is 13.8. The van der Waals surface area contributed by atoms with Crippen molar-refractivity contribution < 1.29 is 9.15 Å². The highest BCUT2D eigenvalue weighted by Gasteiger charge is 2.39. The van der Waals surface area contributed by atoms with Crippen molar-refractivity contribution in [3.63, 3.8) is 0 Å². The first kappa shape index (κ1) is 15.8. The summed E-state index contributed by atoms with van der Waals surface area (Å²) in [5.41, 5.74) is 9.79. The molecule has 8 heteroatoms. The number of nitrogen functional groups attached to an aromatic ring is 1. The maximum atomic E-state index is 5.81. The molecular formula is C20H18N6O2. The molecule has 3 N–H and O–H groups in total. The number of hydrogen-bond donors (Lipinski definition) is 2. The second kappa shape index (κ2) is 5.87. The molecule has 2 aliphatic rings. The van der Waals surface area contributed by atoms with E-state index in [0.29, 0.717) is 18.4 Å². The van der Waals surface area contributed by atoms with Crippen molar-refractivity contribution in [2.75, 3.05) is 12.3 Å². The van der Waals surface area contributed by atoms with Crippen LogP contribution in [0.5, 0.6) is 0 Å². The molecule has 28 heavy (non-hydrogen) atoms. The normalized spacial score (nSPS) is 21.7. The molecule has 0 spiro atoms. The average Bonchev–Trinajstić information content (AvgIpc) is 3.33. The molecule has 0 bridgehead atoms. The van der Waals surface area contributed by atoms with Gasteiger partial charge in [0.1, 0.15) is 0 Å². The lowest BCUT2D eigenvalue weighted by Crippen LogP contribution is -2.30. The monoisotopic (exact) mass is 374 g/mol. The van der Waals surface area contributed by atoms with Crippen molar-refractivity contribution in [2.45, 2.75) is 30.8 Å². The van der Waals surface area contributed by atoms with Crippen LogP contribution in [0.1, 0.15) is 47.9 Å². The van der Waals surface area contributed by atoms with Crippen LogP contribution in [0.3, 0.4) is 0 Å². The van der Waals surface area contributed by atoms with E-state index in [1.54, 1.807) is 0 Å². The van der Waals surface area contributed by atoms with E-state index in [4.69, 9.17) is 19.9 Å². The van der Waals surface area contributed by atoms with E-state index in [1.165, 1.54) is 12.8 Å². The van der Waals surface area contributed by atoms with Crippen LogP contribution in [0, 0.1) is 0 Å². The Balaban J connectivity index is 1.38. The lowest BCUT2D eigenvalue weighted by Gasteiger charge is -2.34. The van der Waals surface area contributed by atoms with Crippen molar-refractivity contribution in [1.82, 2.24) is 25.1 Å². The second-order valence-corrected chi connectivity index (χ2v) is 7.43. The van der Waals surface area contributed by atoms with Crippen molar-refractivity contribution >= 4 is 16.9 Å². The van der Waals surface area contributed by atoms with E-state index >= 15 is 0 Å². The van der Waals surface area contributed by atoms with Gasteiger partial charge in [-0.2, -0.15) is 0 Å². The fourth-order valence-corrected chi connectivity index (χ4v) is 3.82. The number of aromatic nitrogens is 5. The number of aromatic amines is 1. The minimum atomic E-state index is -0.134. The van der Waals surface area contributed by atoms with Crippen LogP contribution in [-0.4, -0.2) is 31.8 Å². The number of nitrogens with two attached hydrogens (primary N) is 1. The maximum absolute atomic E-state index is 5.81. The van der Waals surface area contributed by atoms with Crippen LogP contribution in [0.15, 0.2) is 41.1 Å². The van der Waals surface area contributed by atoms with Gasteiger partial charge in [0.25, 0.3) is 0 Å². The van der Waals surface area contributed by atoms with Crippen molar-refractivity contribution in [3.05, 3.63) is 53.8 Å². The van der Waals surface area contributed by atoms with Gasteiger partial charge in [-0.25, -0.2) is 9.97 Å². The van der Waals surface area contributed by atoms with Gasteiger partial charge in [-0.1, -0.05) is 11.2 Å². The fraction of sp³-hybridized carbons (Fsp3) is 0.300. The third-order valence-corrected chi connectivity index (χ3v) is 5.54. The summed E-state index contributed by atoms with van der Waals surface area (Å²) in [7, 11) is 0. The summed E-state index contributed by atoms with van der Waals surface area (Å²) in [5.74, 6) is 1.87. The zero-order valence-electron chi connectivity index (χ0n) is 15.0. The summed E-state index contributed by atoms with van der Waals surface area (Å²) in [6, 6.07) is 8.34. The van der Waals surface area contributed by atoms with Gasteiger partial charge in [-0.05, 0) is 36.6 Å². The molecule has 2 fully saturated rings. The Kier molecular flexibility index (Phi) is 3.30. The van der Waals surface area contributed by atoms with Crippen LogP contribution in [0.4, 0.5) is 6.01 Å². The predicted octanol–water partition coefficient (Wildman–Crippen LogP) is 3.32. The first-order valence-corrected chi connectivity index (χ1v) is 9.41. The van der Waals surface area contributed by atoms with E-state index in [-0.39, 0.29) is 18.0 Å². The quantitative estimate of drug-likeness (QED) is 0.563. The smallest absolute Gasteiger partial charge is 0.312 e. The van der Waals surface area contributed by atoms with Crippen LogP contribution in [-0.2, 0) is 4.74 Å². The van der Waals surface area contributed by atoms with Crippen LogP contribution in [0.2, 0.25) is 0 Å². The number of anilines is 1. The van der Waals surface area contributed by atoms with Gasteiger partial charge in [0.15, 0.2) is 5.82 Å². The third kappa shape index (κ3) is 2.49. The Hall–Kier alpha value is -3.26. The Bertz CT molecular complexity index is 1180. The lowest BCUT2D eigenvalue weighted by molar-refractivity contribution is -0.0879. The van der Waals surface area contributed by atoms with Crippen LogP contribution in [0.25, 0.3) is 22.3 Å². The van der Waals surface area contributed by atoms with Gasteiger partial charge in [0.2, 0.25) is 5.89 Å². The number of ether oxygens (including phenoxy) is 1. The van der Waals surface area contributed by atoms with Crippen molar-refractivity contribution in [2.24, 2.45) is 0 Å². The molecule has 1 aliphatic carbocycles. The van der Waals surface area contributed by atoms with Crippen molar-refractivity contribution in [3.8, 4) is 11.4 Å². The van der Waals surface area contributed by atoms with Crippen LogP contribution >= 0.6 is 0 Å². The molecule has 2 atom stereocenters. The molecule has 3 aromatic heterocycles. The van der Waals surface area contributed by atoms with Gasteiger partial charge >= 0.3 is 6.01 Å². The Morgan fingerprint density at radius 2 is 2.07 bits per heavy atom. The molecule has 1 saturated carbocycles. The van der Waals surface area contributed by atoms with Crippen molar-refractivity contribution in [1.29, 1.82) is 0 Å². The van der Waals surface area contributed by atoms with Gasteiger partial charge in [-0.15, -0.1) is 5.10 Å². The molecule has 1 aromatic carbocycles. The van der Waals surface area contributed by atoms with E-state index in [2.05, 4.69) is 38.4 Å². The summed E-state index contributed by atoms with van der Waals surface area (Å²) in [6.45, 7) is 0.539. The highest BCUT2D eigenvalue weighted by atomic mass is 16.5. The number of nitrogens with one attached hydrogen (secondary N) is 1. The Labute approximate surface area is 160 Å². The zero-order chi connectivity index (χ0) is 18.7. The summed E-state index contributed by atoms with van der Waals surface area (Å²) >= 11 is 0. The molecule has 4 aromatic rings. The van der Waals surface area contributed by atoms with Gasteiger partial charge in [0, 0.05) is 40.5 Å². The minimum Gasteiger partial charge on any atom is -0.408 e. The summed E-state index contributed by atoms with van der Waals surface area (Å²) in [4.78, 5) is 12.6. The van der Waals surface area contributed by atoms with Gasteiger partial charge in [-0.3, -0.25) is 0 Å². The largest absolute Gasteiger partial charge is 0.408 e. The zero-order valence-corrected chi connectivity index (χ0v) is 15.0. The highest BCUT2D eigenvalue weighted by molar-refractivity contribution is 5.94. The number of hydrogen-bond acceptors (Lipinski definition) is 7. The summed E-state index contributed by atoms with van der Waals surface area (Å²) < 4.78 is 11.2. The molecule has 0 radical (unpaired) electrons. The van der Waals surface area contributed by atoms with E-state index < -0.39 is 0 Å². The summed E-state index contributed by atoms with van der Waals surface area (Å²) in [5, 5.41) is 8.84. The molecule has 140 valence electrons.